The molecule has 0 atom stereocenters. The van der Waals surface area contributed by atoms with Crippen LogP contribution in [0, 0.1) is 0 Å². The molecule has 84 valence electrons. The van der Waals surface area contributed by atoms with Crippen LogP contribution in [0.2, 0.25) is 0 Å². The Kier molecular flexibility index (Phi) is 2.82. The number of methoxy groups -OCH3 is 2. The Labute approximate surface area is 91.6 Å². The fraction of sp³-hybridized carbons (Fsp3) is 0.300. The Hall–Kier alpha value is -1.95. The van der Waals surface area contributed by atoms with Gasteiger partial charge in [-0.2, -0.15) is 0 Å². The second kappa shape index (κ2) is 4.28. The standard InChI is InChI=1S/C10H11N3O3/c1-15-5-8-12-7-4-11-3-6(9(7)13-8)10(14)16-2/h3-4H,5H2,1-2H3,(H,12,13). The van der Waals surface area contributed by atoms with Crippen molar-refractivity contribution in [3.8, 4) is 0 Å². The highest BCUT2D eigenvalue weighted by atomic mass is 16.5. The van der Waals surface area contributed by atoms with Gasteiger partial charge in [-0.15, -0.1) is 0 Å². The minimum Gasteiger partial charge on any atom is -0.465 e. The van der Waals surface area contributed by atoms with E-state index in [4.69, 9.17) is 4.74 Å². The van der Waals surface area contributed by atoms with Gasteiger partial charge >= 0.3 is 5.97 Å². The van der Waals surface area contributed by atoms with Crippen LogP contribution in [-0.4, -0.2) is 35.1 Å². The lowest BCUT2D eigenvalue weighted by molar-refractivity contribution is 0.0602. The summed E-state index contributed by atoms with van der Waals surface area (Å²) in [6.45, 7) is 0.356. The summed E-state index contributed by atoms with van der Waals surface area (Å²) in [5.74, 6) is 0.198. The van der Waals surface area contributed by atoms with E-state index in [9.17, 15) is 4.79 Å². The first-order chi connectivity index (χ1) is 7.76. The zero-order valence-electron chi connectivity index (χ0n) is 8.98. The molecule has 1 N–H and O–H groups in total. The Morgan fingerprint density at radius 2 is 2.25 bits per heavy atom. The normalized spacial score (nSPS) is 10.6. The Bertz CT molecular complexity index is 521. The number of rotatable bonds is 3. The number of hydrogen-bond acceptors (Lipinski definition) is 5. The highest BCUT2D eigenvalue weighted by molar-refractivity contribution is 6.01. The lowest BCUT2D eigenvalue weighted by atomic mass is 10.2. The molecule has 0 bridgehead atoms. The molecule has 2 aromatic heterocycles. The number of nitrogens with one attached hydrogen (secondary N) is 1. The van der Waals surface area contributed by atoms with Gasteiger partial charge < -0.3 is 14.5 Å². The number of aromatic nitrogens is 3. The zero-order chi connectivity index (χ0) is 11.5. The quantitative estimate of drug-likeness (QED) is 0.779. The fourth-order valence-electron chi connectivity index (χ4n) is 1.45. The van der Waals surface area contributed by atoms with E-state index in [1.54, 1.807) is 13.3 Å². The molecule has 0 spiro atoms. The number of esters is 1. The third-order valence-electron chi connectivity index (χ3n) is 2.13. The molecule has 2 rings (SSSR count). The van der Waals surface area contributed by atoms with Crippen LogP contribution in [-0.2, 0) is 16.1 Å². The maximum Gasteiger partial charge on any atom is 0.341 e. The lowest BCUT2D eigenvalue weighted by Crippen LogP contribution is -2.02. The molecule has 0 aromatic carbocycles. The van der Waals surface area contributed by atoms with Gasteiger partial charge in [0.05, 0.1) is 18.8 Å². The van der Waals surface area contributed by atoms with E-state index in [1.807, 2.05) is 0 Å². The molecule has 2 heterocycles. The van der Waals surface area contributed by atoms with E-state index in [1.165, 1.54) is 13.3 Å². The van der Waals surface area contributed by atoms with Crippen molar-refractivity contribution in [2.75, 3.05) is 14.2 Å². The number of carbonyl (C=O) groups excluding carboxylic acids is 1. The molecule has 0 unspecified atom stereocenters. The van der Waals surface area contributed by atoms with E-state index in [0.717, 1.165) is 0 Å². The first-order valence-corrected chi connectivity index (χ1v) is 4.66. The summed E-state index contributed by atoms with van der Waals surface area (Å²) in [6, 6.07) is 0. The number of ether oxygens (including phenoxy) is 2. The number of imidazole rings is 1. The van der Waals surface area contributed by atoms with Crippen molar-refractivity contribution in [3.63, 3.8) is 0 Å². The van der Waals surface area contributed by atoms with Crippen LogP contribution in [0.3, 0.4) is 0 Å². The second-order valence-electron chi connectivity index (χ2n) is 3.19. The number of H-pyrrole nitrogens is 1. The number of aromatic amines is 1. The lowest BCUT2D eigenvalue weighted by Gasteiger charge is -1.97. The Morgan fingerprint density at radius 1 is 1.44 bits per heavy atom. The van der Waals surface area contributed by atoms with Gasteiger partial charge in [0.15, 0.2) is 0 Å². The summed E-state index contributed by atoms with van der Waals surface area (Å²) >= 11 is 0. The van der Waals surface area contributed by atoms with Gasteiger partial charge in [-0.3, -0.25) is 4.98 Å². The van der Waals surface area contributed by atoms with E-state index in [2.05, 4.69) is 19.7 Å². The number of carbonyl (C=O) groups is 1. The van der Waals surface area contributed by atoms with Crippen LogP contribution < -0.4 is 0 Å². The molecule has 0 saturated carbocycles. The summed E-state index contributed by atoms with van der Waals surface area (Å²) in [5, 5.41) is 0. The van der Waals surface area contributed by atoms with Crippen molar-refractivity contribution in [2.24, 2.45) is 0 Å². The molecule has 0 amide bonds. The minimum atomic E-state index is -0.450. The smallest absolute Gasteiger partial charge is 0.341 e. The SMILES string of the molecule is COCc1nc2c(C(=O)OC)cncc2[nH]1. The van der Waals surface area contributed by atoms with Gasteiger partial charge in [-0.25, -0.2) is 9.78 Å². The average Bonchev–Trinajstić information content (AvgIpc) is 2.70. The zero-order valence-corrected chi connectivity index (χ0v) is 8.98. The van der Waals surface area contributed by atoms with Crippen molar-refractivity contribution in [1.82, 2.24) is 15.0 Å². The maximum absolute atomic E-state index is 11.4. The molecular formula is C10H11N3O3. The molecule has 6 heteroatoms. The minimum absolute atomic E-state index is 0.346. The fourth-order valence-corrected chi connectivity index (χ4v) is 1.45. The number of fused-ring (bicyclic) bond motifs is 1. The molecule has 0 radical (unpaired) electrons. The van der Waals surface area contributed by atoms with Gasteiger partial charge in [-0.1, -0.05) is 0 Å². The van der Waals surface area contributed by atoms with Crippen molar-refractivity contribution in [3.05, 3.63) is 23.8 Å². The number of hydrogen-bond donors (Lipinski definition) is 1. The Morgan fingerprint density at radius 3 is 2.94 bits per heavy atom. The van der Waals surface area contributed by atoms with Gasteiger partial charge in [0.25, 0.3) is 0 Å². The van der Waals surface area contributed by atoms with Crippen LogP contribution in [0.5, 0.6) is 0 Å². The number of pyridine rings is 1. The van der Waals surface area contributed by atoms with Gasteiger partial charge in [0.1, 0.15) is 23.5 Å². The topological polar surface area (TPSA) is 77.1 Å². The molecule has 0 aliphatic rings. The molecule has 0 aliphatic carbocycles. The summed E-state index contributed by atoms with van der Waals surface area (Å²) < 4.78 is 9.60. The van der Waals surface area contributed by atoms with Crippen LogP contribution in [0.4, 0.5) is 0 Å². The van der Waals surface area contributed by atoms with Crippen molar-refractivity contribution >= 4 is 17.0 Å². The van der Waals surface area contributed by atoms with Crippen molar-refractivity contribution < 1.29 is 14.3 Å². The highest BCUT2D eigenvalue weighted by Crippen LogP contribution is 2.16. The Balaban J connectivity index is 2.54. The molecule has 0 aliphatic heterocycles. The number of nitrogens with zero attached hydrogens (tertiary/aromatic N) is 2. The third-order valence-corrected chi connectivity index (χ3v) is 2.13. The van der Waals surface area contributed by atoms with E-state index in [-0.39, 0.29) is 0 Å². The predicted molar refractivity (Wildman–Crippen MR) is 55.9 cm³/mol. The first-order valence-electron chi connectivity index (χ1n) is 4.66. The monoisotopic (exact) mass is 221 g/mol. The first kappa shape index (κ1) is 10.6. The van der Waals surface area contributed by atoms with Gasteiger partial charge in [-0.05, 0) is 0 Å². The van der Waals surface area contributed by atoms with Crippen LogP contribution in [0.1, 0.15) is 16.2 Å². The average molecular weight is 221 g/mol. The van der Waals surface area contributed by atoms with Crippen LogP contribution in [0.25, 0.3) is 11.0 Å². The third kappa shape index (κ3) is 1.74. The molecular weight excluding hydrogens is 210 g/mol. The van der Waals surface area contributed by atoms with Crippen LogP contribution >= 0.6 is 0 Å². The van der Waals surface area contributed by atoms with Crippen molar-refractivity contribution in [1.29, 1.82) is 0 Å². The van der Waals surface area contributed by atoms with E-state index in [0.29, 0.717) is 29.0 Å². The maximum atomic E-state index is 11.4. The van der Waals surface area contributed by atoms with Gasteiger partial charge in [0, 0.05) is 13.3 Å². The summed E-state index contributed by atoms with van der Waals surface area (Å²) in [7, 11) is 2.90. The van der Waals surface area contributed by atoms with Gasteiger partial charge in [0.2, 0.25) is 0 Å². The largest absolute Gasteiger partial charge is 0.465 e. The summed E-state index contributed by atoms with van der Waals surface area (Å²) in [6.07, 6.45) is 3.04. The predicted octanol–water partition coefficient (Wildman–Crippen LogP) is 0.891. The molecule has 2 aromatic rings. The summed E-state index contributed by atoms with van der Waals surface area (Å²) in [5.41, 5.74) is 1.59. The van der Waals surface area contributed by atoms with Crippen LogP contribution in [0.15, 0.2) is 12.4 Å². The highest BCUT2D eigenvalue weighted by Gasteiger charge is 2.14. The van der Waals surface area contributed by atoms with E-state index >= 15 is 0 Å². The molecule has 0 fully saturated rings. The summed E-state index contributed by atoms with van der Waals surface area (Å²) in [4.78, 5) is 22.6. The van der Waals surface area contributed by atoms with E-state index < -0.39 is 5.97 Å². The molecule has 16 heavy (non-hydrogen) atoms. The van der Waals surface area contributed by atoms with Crippen molar-refractivity contribution in [2.45, 2.75) is 6.61 Å². The molecule has 0 saturated heterocycles. The molecule has 6 nitrogen and oxygen atoms in total. The second-order valence-corrected chi connectivity index (χ2v) is 3.19.